The number of aromatic hydroxyl groups is 1. The average Bonchev–Trinajstić information content (AvgIpc) is 2.15. The summed E-state index contributed by atoms with van der Waals surface area (Å²) in [6.07, 6.45) is 2.24. The minimum absolute atomic E-state index is 0.323. The Morgan fingerprint density at radius 2 is 1.44 bits per heavy atom. The number of phenols is 1. The second-order valence-electron chi connectivity index (χ2n) is 6.30. The van der Waals surface area contributed by atoms with Crippen molar-refractivity contribution in [3.63, 3.8) is 0 Å². The molecule has 1 rings (SSSR count). The number of benzene rings is 1. The van der Waals surface area contributed by atoms with Crippen LogP contribution < -0.4 is 0 Å². The quantitative estimate of drug-likeness (QED) is 0.800. The molecule has 0 aliphatic heterocycles. The zero-order chi connectivity index (χ0) is 12.4. The van der Waals surface area contributed by atoms with Crippen molar-refractivity contribution in [2.75, 3.05) is 0 Å². The highest BCUT2D eigenvalue weighted by Gasteiger charge is 2.31. The van der Waals surface area contributed by atoms with E-state index in [0.717, 1.165) is 6.42 Å². The molecule has 0 spiro atoms. The molecule has 0 bridgehead atoms. The van der Waals surface area contributed by atoms with Crippen LogP contribution in [0.2, 0.25) is 0 Å². The molecule has 1 N–H and O–H groups in total. The van der Waals surface area contributed by atoms with Crippen LogP contribution in [0.1, 0.15) is 46.6 Å². The first-order chi connectivity index (χ1) is 7.22. The van der Waals surface area contributed by atoms with Gasteiger partial charge in [-0.15, -0.1) is 0 Å². The monoisotopic (exact) mass is 220 g/mol. The van der Waals surface area contributed by atoms with E-state index in [4.69, 9.17) is 0 Å². The SMILES string of the molecule is CC(C)(C)C(C)(C)CCc1ccc(O)cc1. The second-order valence-corrected chi connectivity index (χ2v) is 6.30. The Bertz CT molecular complexity index is 327. The van der Waals surface area contributed by atoms with Gasteiger partial charge in [-0.25, -0.2) is 0 Å². The molecule has 0 radical (unpaired) electrons. The van der Waals surface area contributed by atoms with Gasteiger partial charge in [0.05, 0.1) is 0 Å². The summed E-state index contributed by atoms with van der Waals surface area (Å²) in [5, 5.41) is 9.21. The molecule has 90 valence electrons. The van der Waals surface area contributed by atoms with E-state index in [0.29, 0.717) is 16.6 Å². The zero-order valence-electron chi connectivity index (χ0n) is 11.2. The molecule has 0 amide bonds. The Morgan fingerprint density at radius 3 is 1.88 bits per heavy atom. The third kappa shape index (κ3) is 3.26. The molecule has 0 heterocycles. The summed E-state index contributed by atoms with van der Waals surface area (Å²) in [5.74, 6) is 0.346. The first-order valence-electron chi connectivity index (χ1n) is 6.00. The standard InChI is InChI=1S/C15H24O/c1-14(2,3)15(4,5)11-10-12-6-8-13(16)9-7-12/h6-9,16H,10-11H2,1-5H3. The second kappa shape index (κ2) is 4.48. The fourth-order valence-corrected chi connectivity index (χ4v) is 1.49. The van der Waals surface area contributed by atoms with Crippen LogP contribution in [0.15, 0.2) is 24.3 Å². The van der Waals surface area contributed by atoms with Crippen LogP contribution in [0.25, 0.3) is 0 Å². The predicted molar refractivity (Wildman–Crippen MR) is 69.7 cm³/mol. The van der Waals surface area contributed by atoms with Crippen molar-refractivity contribution in [2.45, 2.75) is 47.5 Å². The molecule has 0 aliphatic carbocycles. The van der Waals surface area contributed by atoms with Crippen LogP contribution in [0.5, 0.6) is 5.75 Å². The molecule has 0 atom stereocenters. The lowest BCUT2D eigenvalue weighted by Crippen LogP contribution is -2.30. The Morgan fingerprint density at radius 1 is 0.938 bits per heavy atom. The van der Waals surface area contributed by atoms with E-state index in [1.165, 1.54) is 12.0 Å². The first-order valence-corrected chi connectivity index (χ1v) is 6.00. The van der Waals surface area contributed by atoms with Crippen molar-refractivity contribution < 1.29 is 5.11 Å². The largest absolute Gasteiger partial charge is 0.508 e. The average molecular weight is 220 g/mol. The van der Waals surface area contributed by atoms with E-state index in [9.17, 15) is 5.11 Å². The lowest BCUT2D eigenvalue weighted by atomic mass is 9.66. The van der Waals surface area contributed by atoms with Gasteiger partial charge >= 0.3 is 0 Å². The number of phenolic OH excluding ortho intramolecular Hbond substituents is 1. The lowest BCUT2D eigenvalue weighted by Gasteiger charge is -2.39. The van der Waals surface area contributed by atoms with Crippen molar-refractivity contribution in [1.82, 2.24) is 0 Å². The minimum atomic E-state index is 0.323. The summed E-state index contributed by atoms with van der Waals surface area (Å²) in [4.78, 5) is 0. The molecule has 0 saturated carbocycles. The van der Waals surface area contributed by atoms with Gasteiger partial charge in [-0.05, 0) is 41.4 Å². The smallest absolute Gasteiger partial charge is 0.115 e. The minimum Gasteiger partial charge on any atom is -0.508 e. The molecule has 1 heteroatoms. The van der Waals surface area contributed by atoms with Crippen LogP contribution in [0.3, 0.4) is 0 Å². The van der Waals surface area contributed by atoms with Crippen molar-refractivity contribution in [2.24, 2.45) is 10.8 Å². The summed E-state index contributed by atoms with van der Waals surface area (Å²) in [7, 11) is 0. The van der Waals surface area contributed by atoms with Gasteiger partial charge in [0.2, 0.25) is 0 Å². The van der Waals surface area contributed by atoms with E-state index < -0.39 is 0 Å². The zero-order valence-corrected chi connectivity index (χ0v) is 11.2. The normalized spacial score (nSPS) is 12.8. The van der Waals surface area contributed by atoms with E-state index in [1.807, 2.05) is 12.1 Å². The number of hydrogen-bond acceptors (Lipinski definition) is 1. The fourth-order valence-electron chi connectivity index (χ4n) is 1.49. The van der Waals surface area contributed by atoms with Gasteiger partial charge in [0.1, 0.15) is 5.75 Å². The molecule has 0 unspecified atom stereocenters. The van der Waals surface area contributed by atoms with Crippen molar-refractivity contribution in [3.05, 3.63) is 29.8 Å². The Labute approximate surface area is 99.5 Å². The summed E-state index contributed by atoms with van der Waals surface area (Å²) in [5.41, 5.74) is 1.95. The molecular weight excluding hydrogens is 196 g/mol. The lowest BCUT2D eigenvalue weighted by molar-refractivity contribution is 0.120. The third-order valence-corrected chi connectivity index (χ3v) is 4.01. The number of aryl methyl sites for hydroxylation is 1. The molecule has 16 heavy (non-hydrogen) atoms. The van der Waals surface area contributed by atoms with Crippen molar-refractivity contribution >= 4 is 0 Å². The first kappa shape index (κ1) is 13.1. The van der Waals surface area contributed by atoms with Gasteiger partial charge in [-0.1, -0.05) is 46.8 Å². The summed E-state index contributed by atoms with van der Waals surface area (Å²) >= 11 is 0. The van der Waals surface area contributed by atoms with Gasteiger partial charge in [-0.2, -0.15) is 0 Å². The van der Waals surface area contributed by atoms with Gasteiger partial charge in [0, 0.05) is 0 Å². The van der Waals surface area contributed by atoms with Gasteiger partial charge in [0.25, 0.3) is 0 Å². The number of hydrogen-bond donors (Lipinski definition) is 1. The van der Waals surface area contributed by atoms with E-state index in [2.05, 4.69) is 34.6 Å². The summed E-state index contributed by atoms with van der Waals surface area (Å²) in [6.45, 7) is 11.5. The molecule has 0 fully saturated rings. The highest BCUT2D eigenvalue weighted by Crippen LogP contribution is 2.41. The van der Waals surface area contributed by atoms with Crippen molar-refractivity contribution in [3.8, 4) is 5.75 Å². The maximum atomic E-state index is 9.21. The molecule has 0 saturated heterocycles. The Balaban J connectivity index is 2.61. The van der Waals surface area contributed by atoms with Gasteiger partial charge in [0.15, 0.2) is 0 Å². The molecule has 1 aromatic carbocycles. The maximum absolute atomic E-state index is 9.21. The molecule has 1 aromatic rings. The van der Waals surface area contributed by atoms with Gasteiger partial charge in [-0.3, -0.25) is 0 Å². The molecule has 0 aliphatic rings. The van der Waals surface area contributed by atoms with Crippen LogP contribution >= 0.6 is 0 Å². The topological polar surface area (TPSA) is 20.2 Å². The fraction of sp³-hybridized carbons (Fsp3) is 0.600. The molecule has 0 aromatic heterocycles. The third-order valence-electron chi connectivity index (χ3n) is 4.01. The van der Waals surface area contributed by atoms with Crippen LogP contribution in [-0.4, -0.2) is 5.11 Å². The van der Waals surface area contributed by atoms with Crippen molar-refractivity contribution in [1.29, 1.82) is 0 Å². The highest BCUT2D eigenvalue weighted by molar-refractivity contribution is 5.26. The van der Waals surface area contributed by atoms with E-state index in [1.54, 1.807) is 12.1 Å². The van der Waals surface area contributed by atoms with E-state index >= 15 is 0 Å². The summed E-state index contributed by atoms with van der Waals surface area (Å²) < 4.78 is 0. The molecular formula is C15H24O. The van der Waals surface area contributed by atoms with Crippen LogP contribution in [-0.2, 0) is 6.42 Å². The predicted octanol–water partition coefficient (Wildman–Crippen LogP) is 4.40. The maximum Gasteiger partial charge on any atom is 0.115 e. The molecule has 1 nitrogen and oxygen atoms in total. The van der Waals surface area contributed by atoms with Crippen LogP contribution in [0, 0.1) is 10.8 Å². The Kier molecular flexibility index (Phi) is 3.67. The number of rotatable bonds is 3. The summed E-state index contributed by atoms with van der Waals surface area (Å²) in [6, 6.07) is 7.54. The van der Waals surface area contributed by atoms with Gasteiger partial charge < -0.3 is 5.11 Å². The Hall–Kier alpha value is -0.980. The van der Waals surface area contributed by atoms with E-state index in [-0.39, 0.29) is 0 Å². The van der Waals surface area contributed by atoms with Crippen LogP contribution in [0.4, 0.5) is 0 Å². The highest BCUT2D eigenvalue weighted by atomic mass is 16.3.